The summed E-state index contributed by atoms with van der Waals surface area (Å²) in [6, 6.07) is 6.54. The highest BCUT2D eigenvalue weighted by Crippen LogP contribution is 2.25. The molecule has 130 valence electrons. The van der Waals surface area contributed by atoms with Crippen molar-refractivity contribution in [3.63, 3.8) is 0 Å². The van der Waals surface area contributed by atoms with E-state index in [1.165, 1.54) is 16.8 Å². The lowest BCUT2D eigenvalue weighted by Crippen LogP contribution is -2.50. The first-order valence-electron chi connectivity index (χ1n) is 7.60. The molecule has 2 aromatic heterocycles. The van der Waals surface area contributed by atoms with Crippen molar-refractivity contribution in [1.82, 2.24) is 18.0 Å². The van der Waals surface area contributed by atoms with Crippen LogP contribution in [-0.4, -0.2) is 58.5 Å². The van der Waals surface area contributed by atoms with E-state index in [1.54, 1.807) is 29.2 Å². The molecule has 1 fully saturated rings. The van der Waals surface area contributed by atoms with Crippen molar-refractivity contribution < 1.29 is 17.6 Å². The van der Waals surface area contributed by atoms with Crippen LogP contribution < -0.4 is 0 Å². The second kappa shape index (κ2) is 6.21. The first kappa shape index (κ1) is 16.2. The number of fused-ring (bicyclic) bond motifs is 1. The number of carbonyl (C=O) groups is 1. The number of aromatic nitrogens is 2. The normalized spacial score (nSPS) is 16.4. The van der Waals surface area contributed by atoms with Crippen LogP contribution in [0, 0.1) is 0 Å². The van der Waals surface area contributed by atoms with E-state index in [9.17, 15) is 13.2 Å². The van der Waals surface area contributed by atoms with Crippen molar-refractivity contribution in [2.45, 2.75) is 4.90 Å². The number of piperazine rings is 1. The van der Waals surface area contributed by atoms with Crippen LogP contribution >= 0.6 is 11.7 Å². The number of furan rings is 1. The fourth-order valence-electron chi connectivity index (χ4n) is 2.83. The molecule has 3 heterocycles. The van der Waals surface area contributed by atoms with E-state index in [0.29, 0.717) is 29.7 Å². The maximum Gasteiger partial charge on any atom is 0.257 e. The summed E-state index contributed by atoms with van der Waals surface area (Å²) in [7, 11) is -3.68. The maximum absolute atomic E-state index is 12.9. The molecule has 0 aliphatic carbocycles. The highest BCUT2D eigenvalue weighted by atomic mass is 32.2. The van der Waals surface area contributed by atoms with E-state index >= 15 is 0 Å². The van der Waals surface area contributed by atoms with Gasteiger partial charge in [-0.3, -0.25) is 4.79 Å². The van der Waals surface area contributed by atoms with E-state index in [0.717, 1.165) is 11.7 Å². The summed E-state index contributed by atoms with van der Waals surface area (Å²) in [6.45, 7) is 1.13. The minimum Gasteiger partial charge on any atom is -0.472 e. The standard InChI is InChI=1S/C15H14N4O4S2/c20-15(11-4-9-23-10-11)18-5-7-19(8-6-18)25(21,22)13-3-1-2-12-14(13)17-24-16-12/h1-4,9-10H,5-8H2. The molecule has 8 nitrogen and oxygen atoms in total. The van der Waals surface area contributed by atoms with E-state index < -0.39 is 10.0 Å². The summed E-state index contributed by atoms with van der Waals surface area (Å²) in [6.07, 6.45) is 2.83. The molecule has 0 saturated carbocycles. The zero-order valence-corrected chi connectivity index (χ0v) is 14.7. The van der Waals surface area contributed by atoms with Crippen LogP contribution in [-0.2, 0) is 10.0 Å². The lowest BCUT2D eigenvalue weighted by molar-refractivity contribution is 0.0697. The van der Waals surface area contributed by atoms with Crippen molar-refractivity contribution in [2.24, 2.45) is 0 Å². The topological polar surface area (TPSA) is 96.6 Å². The van der Waals surface area contributed by atoms with Gasteiger partial charge >= 0.3 is 0 Å². The van der Waals surface area contributed by atoms with Crippen LogP contribution in [0.1, 0.15) is 10.4 Å². The minimum atomic E-state index is -3.68. The maximum atomic E-state index is 12.9. The fraction of sp³-hybridized carbons (Fsp3) is 0.267. The van der Waals surface area contributed by atoms with E-state index in [2.05, 4.69) is 8.75 Å². The smallest absolute Gasteiger partial charge is 0.257 e. The summed E-state index contributed by atoms with van der Waals surface area (Å²) in [5.41, 5.74) is 1.43. The monoisotopic (exact) mass is 378 g/mol. The molecule has 0 N–H and O–H groups in total. The summed E-state index contributed by atoms with van der Waals surface area (Å²) < 4.78 is 40.4. The number of nitrogens with zero attached hydrogens (tertiary/aromatic N) is 4. The van der Waals surface area contributed by atoms with Crippen LogP contribution in [0.4, 0.5) is 0 Å². The Bertz CT molecular complexity index is 1010. The van der Waals surface area contributed by atoms with E-state index in [1.807, 2.05) is 0 Å². The Morgan fingerprint density at radius 3 is 2.64 bits per heavy atom. The molecule has 0 bridgehead atoms. The molecule has 0 atom stereocenters. The number of benzene rings is 1. The highest BCUT2D eigenvalue weighted by molar-refractivity contribution is 7.89. The second-order valence-electron chi connectivity index (χ2n) is 5.60. The predicted octanol–water partition coefficient (Wildman–Crippen LogP) is 1.43. The van der Waals surface area contributed by atoms with Crippen LogP contribution in [0.2, 0.25) is 0 Å². The van der Waals surface area contributed by atoms with Crippen LogP contribution in [0.15, 0.2) is 46.1 Å². The third-order valence-corrected chi connectivity index (χ3v) is 6.63. The summed E-state index contributed by atoms with van der Waals surface area (Å²) >= 11 is 0.988. The van der Waals surface area contributed by atoms with E-state index in [-0.39, 0.29) is 23.9 Å². The van der Waals surface area contributed by atoms with Crippen LogP contribution in [0.5, 0.6) is 0 Å². The highest BCUT2D eigenvalue weighted by Gasteiger charge is 2.32. The van der Waals surface area contributed by atoms with Crippen LogP contribution in [0.3, 0.4) is 0 Å². The zero-order chi connectivity index (χ0) is 17.4. The van der Waals surface area contributed by atoms with Gasteiger partial charge in [0.1, 0.15) is 22.2 Å². The Kier molecular flexibility index (Phi) is 4.02. The molecule has 0 unspecified atom stereocenters. The Balaban J connectivity index is 1.54. The number of hydrogen-bond acceptors (Lipinski definition) is 7. The van der Waals surface area contributed by atoms with Crippen LogP contribution in [0.25, 0.3) is 11.0 Å². The summed E-state index contributed by atoms with van der Waals surface area (Å²) in [5.74, 6) is -0.156. The number of sulfonamides is 1. The first-order valence-corrected chi connectivity index (χ1v) is 9.77. The molecule has 1 aliphatic heterocycles. The van der Waals surface area contributed by atoms with Crippen molar-refractivity contribution in [3.8, 4) is 0 Å². The zero-order valence-electron chi connectivity index (χ0n) is 13.0. The quantitative estimate of drug-likeness (QED) is 0.684. The fourth-order valence-corrected chi connectivity index (χ4v) is 5.00. The molecular formula is C15H14N4O4S2. The third kappa shape index (κ3) is 2.81. The first-order chi connectivity index (χ1) is 12.1. The van der Waals surface area contributed by atoms with Gasteiger partial charge in [0.2, 0.25) is 10.0 Å². The molecule has 1 aliphatic rings. The molecule has 3 aromatic rings. The van der Waals surface area contributed by atoms with Gasteiger partial charge < -0.3 is 9.32 Å². The molecule has 1 amide bonds. The van der Waals surface area contributed by atoms with Gasteiger partial charge in [0.05, 0.1) is 23.6 Å². The molecule has 0 spiro atoms. The SMILES string of the molecule is O=C(c1ccoc1)N1CCN(S(=O)(=O)c2cccc3nsnc23)CC1. The molecular weight excluding hydrogens is 364 g/mol. The Hall–Kier alpha value is -2.30. The van der Waals surface area contributed by atoms with Crippen molar-refractivity contribution in [2.75, 3.05) is 26.2 Å². The van der Waals surface area contributed by atoms with Crippen molar-refractivity contribution >= 4 is 38.7 Å². The molecule has 4 rings (SSSR count). The number of hydrogen-bond donors (Lipinski definition) is 0. The van der Waals surface area contributed by atoms with Gasteiger partial charge in [-0.05, 0) is 18.2 Å². The summed E-state index contributed by atoms with van der Waals surface area (Å²) in [4.78, 5) is 14.1. The minimum absolute atomic E-state index is 0.156. The number of carbonyl (C=O) groups excluding carboxylic acids is 1. The average Bonchev–Trinajstić information content (AvgIpc) is 3.32. The average molecular weight is 378 g/mol. The van der Waals surface area contributed by atoms with Gasteiger partial charge in [-0.2, -0.15) is 13.1 Å². The van der Waals surface area contributed by atoms with E-state index in [4.69, 9.17) is 4.42 Å². The number of rotatable bonds is 3. The molecule has 25 heavy (non-hydrogen) atoms. The lowest BCUT2D eigenvalue weighted by Gasteiger charge is -2.33. The Morgan fingerprint density at radius 1 is 1.12 bits per heavy atom. The van der Waals surface area contributed by atoms with Crippen molar-refractivity contribution in [3.05, 3.63) is 42.4 Å². The second-order valence-corrected chi connectivity index (χ2v) is 8.03. The molecule has 1 aromatic carbocycles. The third-order valence-electron chi connectivity index (χ3n) is 4.16. The lowest BCUT2D eigenvalue weighted by atomic mass is 10.2. The van der Waals surface area contributed by atoms with Gasteiger partial charge in [-0.15, -0.1) is 0 Å². The van der Waals surface area contributed by atoms with Gasteiger partial charge in [-0.25, -0.2) is 8.42 Å². The molecule has 10 heteroatoms. The summed E-state index contributed by atoms with van der Waals surface area (Å²) in [5, 5.41) is 0. The van der Waals surface area contributed by atoms with Gasteiger partial charge in [0.15, 0.2) is 0 Å². The van der Waals surface area contributed by atoms with Gasteiger partial charge in [0, 0.05) is 26.2 Å². The largest absolute Gasteiger partial charge is 0.472 e. The van der Waals surface area contributed by atoms with Crippen molar-refractivity contribution in [1.29, 1.82) is 0 Å². The van der Waals surface area contributed by atoms with Gasteiger partial charge in [0.25, 0.3) is 5.91 Å². The number of amides is 1. The van der Waals surface area contributed by atoms with Gasteiger partial charge in [-0.1, -0.05) is 6.07 Å². The molecule has 1 saturated heterocycles. The Morgan fingerprint density at radius 2 is 1.92 bits per heavy atom. The Labute approximate surface area is 148 Å². The molecule has 0 radical (unpaired) electrons. The predicted molar refractivity (Wildman–Crippen MR) is 90.8 cm³/mol.